The third-order valence-corrected chi connectivity index (χ3v) is 1.21. The van der Waals surface area contributed by atoms with Crippen molar-refractivity contribution in [1.82, 2.24) is 0 Å². The largest absolute Gasteiger partial charge is 1.00 e. The summed E-state index contributed by atoms with van der Waals surface area (Å²) in [6.45, 7) is 3.77. The summed E-state index contributed by atoms with van der Waals surface area (Å²) in [5.41, 5.74) is 0. The molecule has 0 spiro atoms. The maximum Gasteiger partial charge on any atom is 1.00 e. The van der Waals surface area contributed by atoms with E-state index in [4.69, 9.17) is 0 Å². The SMILES string of the molecule is C[CH-][C@@H](C)CC=C(F)F.[Na+]. The minimum absolute atomic E-state index is 0. The van der Waals surface area contributed by atoms with Gasteiger partial charge in [-0.3, -0.25) is 0 Å². The van der Waals surface area contributed by atoms with Gasteiger partial charge in [0.2, 0.25) is 0 Å². The average Bonchev–Trinajstić information content (AvgIpc) is 1.83. The molecule has 0 unspecified atom stereocenters. The van der Waals surface area contributed by atoms with Crippen LogP contribution in [0.2, 0.25) is 0 Å². The van der Waals surface area contributed by atoms with Crippen molar-refractivity contribution >= 4 is 0 Å². The molecule has 0 aliphatic heterocycles. The molecule has 0 aliphatic carbocycles. The molecular weight excluding hydrogens is 145 g/mol. The van der Waals surface area contributed by atoms with Gasteiger partial charge in [0.25, 0.3) is 6.08 Å². The van der Waals surface area contributed by atoms with Crippen molar-refractivity contribution in [3.8, 4) is 0 Å². The van der Waals surface area contributed by atoms with Crippen LogP contribution in [0.5, 0.6) is 0 Å². The van der Waals surface area contributed by atoms with E-state index in [-0.39, 0.29) is 35.5 Å². The van der Waals surface area contributed by atoms with E-state index in [9.17, 15) is 8.78 Å². The topological polar surface area (TPSA) is 0 Å². The average molecular weight is 156 g/mol. The molecule has 0 nitrogen and oxygen atoms in total. The first-order chi connectivity index (χ1) is 4.16. The first-order valence-electron chi connectivity index (χ1n) is 2.97. The molecule has 1 atom stereocenters. The Morgan fingerprint density at radius 1 is 1.60 bits per heavy atom. The maximum atomic E-state index is 11.4. The van der Waals surface area contributed by atoms with E-state index in [0.717, 1.165) is 6.08 Å². The van der Waals surface area contributed by atoms with E-state index < -0.39 is 6.08 Å². The summed E-state index contributed by atoms with van der Waals surface area (Å²) in [5, 5.41) is 0. The molecule has 0 fully saturated rings. The third-order valence-electron chi connectivity index (χ3n) is 1.21. The molecule has 0 N–H and O–H groups in total. The normalized spacial score (nSPS) is 11.6. The van der Waals surface area contributed by atoms with Gasteiger partial charge in [-0.05, 0) is 6.08 Å². The van der Waals surface area contributed by atoms with Crippen molar-refractivity contribution in [1.29, 1.82) is 0 Å². The molecule has 0 aromatic carbocycles. The van der Waals surface area contributed by atoms with Crippen LogP contribution >= 0.6 is 0 Å². The predicted molar refractivity (Wildman–Crippen MR) is 34.1 cm³/mol. The Hall–Kier alpha value is 0.600. The van der Waals surface area contributed by atoms with Gasteiger partial charge < -0.3 is 6.42 Å². The zero-order valence-electron chi connectivity index (χ0n) is 6.70. The first kappa shape index (κ1) is 13.2. The fourth-order valence-corrected chi connectivity index (χ4v) is 0.411. The summed E-state index contributed by atoms with van der Waals surface area (Å²) < 4.78 is 22.8. The zero-order valence-corrected chi connectivity index (χ0v) is 8.70. The number of allylic oxidation sites excluding steroid dienone is 1. The molecule has 0 rings (SSSR count). The van der Waals surface area contributed by atoms with Crippen molar-refractivity contribution in [2.24, 2.45) is 5.92 Å². The Morgan fingerprint density at radius 3 is 2.40 bits per heavy atom. The predicted octanol–water partition coefficient (Wildman–Crippen LogP) is 0.0212. The molecule has 54 valence electrons. The Labute approximate surface area is 83.0 Å². The van der Waals surface area contributed by atoms with Crippen LogP contribution in [0.3, 0.4) is 0 Å². The summed E-state index contributed by atoms with van der Waals surface area (Å²) in [4.78, 5) is 0. The second-order valence-electron chi connectivity index (χ2n) is 2.04. The molecule has 0 aromatic rings. The van der Waals surface area contributed by atoms with Crippen LogP contribution < -0.4 is 29.6 Å². The molecule has 0 heterocycles. The van der Waals surface area contributed by atoms with Gasteiger partial charge in [-0.1, -0.05) is 13.3 Å². The van der Waals surface area contributed by atoms with E-state index in [0.29, 0.717) is 6.42 Å². The molecule has 0 saturated carbocycles. The van der Waals surface area contributed by atoms with Crippen molar-refractivity contribution in [3.05, 3.63) is 18.6 Å². The number of hydrogen-bond donors (Lipinski definition) is 0. The second-order valence-corrected chi connectivity index (χ2v) is 2.04. The maximum absolute atomic E-state index is 11.4. The van der Waals surface area contributed by atoms with Crippen molar-refractivity contribution in [2.75, 3.05) is 0 Å². The molecule has 0 radical (unpaired) electrons. The molecule has 0 amide bonds. The van der Waals surface area contributed by atoms with Crippen molar-refractivity contribution in [3.63, 3.8) is 0 Å². The number of rotatable bonds is 3. The summed E-state index contributed by atoms with van der Waals surface area (Å²) in [7, 11) is 0. The molecule has 10 heavy (non-hydrogen) atoms. The minimum Gasteiger partial charge on any atom is -0.328 e. The zero-order chi connectivity index (χ0) is 7.28. The number of hydrogen-bond acceptors (Lipinski definition) is 0. The van der Waals surface area contributed by atoms with Crippen LogP contribution in [0.25, 0.3) is 0 Å². The fourth-order valence-electron chi connectivity index (χ4n) is 0.411. The summed E-state index contributed by atoms with van der Waals surface area (Å²) in [5.74, 6) is 0.256. The molecular formula is C7H11F2Na. The quantitative estimate of drug-likeness (QED) is 0.399. The van der Waals surface area contributed by atoms with E-state index in [1.165, 1.54) is 0 Å². The smallest absolute Gasteiger partial charge is 0.328 e. The van der Waals surface area contributed by atoms with E-state index in [1.54, 1.807) is 0 Å². The Morgan fingerprint density at radius 2 is 2.10 bits per heavy atom. The molecule has 0 bridgehead atoms. The fraction of sp³-hybridized carbons (Fsp3) is 0.571. The van der Waals surface area contributed by atoms with Crippen LogP contribution in [0.15, 0.2) is 12.2 Å². The summed E-state index contributed by atoms with van der Waals surface area (Å²) >= 11 is 0. The van der Waals surface area contributed by atoms with Gasteiger partial charge in [0.05, 0.1) is 0 Å². The van der Waals surface area contributed by atoms with E-state index >= 15 is 0 Å². The molecule has 0 saturated heterocycles. The van der Waals surface area contributed by atoms with Crippen LogP contribution in [0.4, 0.5) is 8.78 Å². The summed E-state index contributed by atoms with van der Waals surface area (Å²) in [6.07, 6.45) is 1.71. The van der Waals surface area contributed by atoms with Gasteiger partial charge in [-0.15, -0.1) is 0 Å². The van der Waals surface area contributed by atoms with Crippen LogP contribution in [-0.2, 0) is 0 Å². The Bertz CT molecular complexity index is 97.8. The Kier molecular flexibility index (Phi) is 10.2. The van der Waals surface area contributed by atoms with E-state index in [2.05, 4.69) is 0 Å². The van der Waals surface area contributed by atoms with Crippen molar-refractivity contribution in [2.45, 2.75) is 20.3 Å². The third kappa shape index (κ3) is 8.60. The standard InChI is InChI=1S/C7H11F2.Na/c1-3-6(2)4-5-7(8)9;/h3,5-6H,4H2,1-2H3;/q-1;+1/t6-;/m1./s1. The van der Waals surface area contributed by atoms with Gasteiger partial charge in [0.1, 0.15) is 0 Å². The van der Waals surface area contributed by atoms with Gasteiger partial charge in [-0.25, -0.2) is 0 Å². The monoisotopic (exact) mass is 156 g/mol. The van der Waals surface area contributed by atoms with Gasteiger partial charge in [-0.2, -0.15) is 21.6 Å². The van der Waals surface area contributed by atoms with Gasteiger partial charge >= 0.3 is 29.6 Å². The second kappa shape index (κ2) is 7.70. The van der Waals surface area contributed by atoms with Gasteiger partial charge in [0, 0.05) is 0 Å². The van der Waals surface area contributed by atoms with Crippen molar-refractivity contribution < 1.29 is 38.3 Å². The van der Waals surface area contributed by atoms with Crippen LogP contribution in [0.1, 0.15) is 20.3 Å². The van der Waals surface area contributed by atoms with E-state index in [1.807, 2.05) is 20.3 Å². The molecule has 0 aliphatic rings. The number of halogens is 2. The van der Waals surface area contributed by atoms with Crippen LogP contribution in [-0.4, -0.2) is 0 Å². The minimum atomic E-state index is -1.58. The molecule has 3 heteroatoms. The molecule has 0 aromatic heterocycles. The summed E-state index contributed by atoms with van der Waals surface area (Å²) in [6, 6.07) is 0. The Balaban J connectivity index is 0. The van der Waals surface area contributed by atoms with Crippen LogP contribution in [0, 0.1) is 12.3 Å². The first-order valence-corrected chi connectivity index (χ1v) is 2.97. The van der Waals surface area contributed by atoms with Gasteiger partial charge in [0.15, 0.2) is 0 Å².